The predicted octanol–water partition coefficient (Wildman–Crippen LogP) is 2.41. The van der Waals surface area contributed by atoms with Crippen molar-refractivity contribution in [3.63, 3.8) is 0 Å². The summed E-state index contributed by atoms with van der Waals surface area (Å²) in [7, 11) is 0. The van der Waals surface area contributed by atoms with Crippen LogP contribution in [0.2, 0.25) is 0 Å². The summed E-state index contributed by atoms with van der Waals surface area (Å²) in [6.07, 6.45) is 6.07. The van der Waals surface area contributed by atoms with Crippen LogP contribution < -0.4 is 9.47 Å². The molecule has 1 aromatic rings. The largest absolute Gasteiger partial charge is 0.483 e. The van der Waals surface area contributed by atoms with Gasteiger partial charge in [0.1, 0.15) is 12.2 Å². The Morgan fingerprint density at radius 1 is 1.53 bits per heavy atom. The molecule has 0 saturated heterocycles. The van der Waals surface area contributed by atoms with Crippen LogP contribution >= 0.6 is 0 Å². The molecule has 2 heteroatoms. The van der Waals surface area contributed by atoms with Gasteiger partial charge in [-0.2, -0.15) is 0 Å². The lowest BCUT2D eigenvalue weighted by Crippen LogP contribution is -2.24. The molecule has 1 aromatic carbocycles. The Bertz CT molecular complexity index is 413. The molecule has 0 amide bonds. The Morgan fingerprint density at radius 3 is 3.07 bits per heavy atom. The molecule has 0 aliphatic carbocycles. The molecule has 0 aromatic heterocycles. The third-order valence-corrected chi connectivity index (χ3v) is 2.37. The van der Waals surface area contributed by atoms with Crippen molar-refractivity contribution in [2.75, 3.05) is 6.61 Å². The van der Waals surface area contributed by atoms with Gasteiger partial charge in [-0.1, -0.05) is 18.1 Å². The lowest BCUT2D eigenvalue weighted by atomic mass is 10.0. The van der Waals surface area contributed by atoms with E-state index in [9.17, 15) is 0 Å². The van der Waals surface area contributed by atoms with E-state index in [-0.39, 0.29) is 12.2 Å². The molecule has 0 saturated carbocycles. The molecular formula is C13H14O2. The summed E-state index contributed by atoms with van der Waals surface area (Å²) >= 11 is 0. The summed E-state index contributed by atoms with van der Waals surface area (Å²) in [5, 5.41) is 0. The molecule has 0 spiro atoms. The highest BCUT2D eigenvalue weighted by Gasteiger charge is 2.32. The Morgan fingerprint density at radius 2 is 2.33 bits per heavy atom. The Kier molecular flexibility index (Phi) is 2.32. The second-order valence-corrected chi connectivity index (χ2v) is 4.28. The molecule has 15 heavy (non-hydrogen) atoms. The van der Waals surface area contributed by atoms with Gasteiger partial charge in [0.2, 0.25) is 0 Å². The molecular weight excluding hydrogens is 188 g/mol. The topological polar surface area (TPSA) is 18.5 Å². The average Bonchev–Trinajstić information content (AvgIpc) is 2.49. The van der Waals surface area contributed by atoms with Gasteiger partial charge in [0.15, 0.2) is 11.5 Å². The number of hydrogen-bond donors (Lipinski definition) is 0. The monoisotopic (exact) mass is 202 g/mol. The van der Waals surface area contributed by atoms with Crippen molar-refractivity contribution >= 4 is 0 Å². The molecule has 0 fully saturated rings. The fourth-order valence-electron chi connectivity index (χ4n) is 1.82. The van der Waals surface area contributed by atoms with E-state index in [4.69, 9.17) is 15.9 Å². The first-order valence-electron chi connectivity index (χ1n) is 4.99. The average molecular weight is 202 g/mol. The summed E-state index contributed by atoms with van der Waals surface area (Å²) in [4.78, 5) is 0. The van der Waals surface area contributed by atoms with Gasteiger partial charge in [0, 0.05) is 12.0 Å². The maximum absolute atomic E-state index is 5.83. The minimum Gasteiger partial charge on any atom is -0.483 e. The Hall–Kier alpha value is -1.62. The van der Waals surface area contributed by atoms with Crippen molar-refractivity contribution in [2.45, 2.75) is 25.9 Å². The quantitative estimate of drug-likeness (QED) is 0.686. The highest BCUT2D eigenvalue weighted by atomic mass is 16.5. The van der Waals surface area contributed by atoms with E-state index in [1.165, 1.54) is 5.56 Å². The third-order valence-electron chi connectivity index (χ3n) is 2.37. The first-order chi connectivity index (χ1) is 7.12. The Balaban J connectivity index is 2.30. The highest BCUT2D eigenvalue weighted by molar-refractivity contribution is 5.50. The van der Waals surface area contributed by atoms with Crippen LogP contribution in [0.5, 0.6) is 11.5 Å². The van der Waals surface area contributed by atoms with Crippen LogP contribution in [-0.2, 0) is 6.42 Å². The van der Waals surface area contributed by atoms with Crippen molar-refractivity contribution in [2.24, 2.45) is 0 Å². The summed E-state index contributed by atoms with van der Waals surface area (Å²) in [5.74, 6) is 4.04. The van der Waals surface area contributed by atoms with Gasteiger partial charge in [-0.3, -0.25) is 0 Å². The predicted molar refractivity (Wildman–Crippen MR) is 59.2 cm³/mol. The number of rotatable bonds is 2. The summed E-state index contributed by atoms with van der Waals surface area (Å²) in [6.45, 7) is 4.41. The van der Waals surface area contributed by atoms with E-state index in [0.717, 1.165) is 17.9 Å². The molecule has 0 bridgehead atoms. The highest BCUT2D eigenvalue weighted by Crippen LogP contribution is 2.41. The van der Waals surface area contributed by atoms with Crippen LogP contribution in [0, 0.1) is 12.3 Å². The van der Waals surface area contributed by atoms with Gasteiger partial charge in [-0.25, -0.2) is 0 Å². The van der Waals surface area contributed by atoms with E-state index in [2.05, 4.69) is 25.8 Å². The molecule has 0 atom stereocenters. The molecule has 0 radical (unpaired) electrons. The van der Waals surface area contributed by atoms with Crippen LogP contribution in [0.3, 0.4) is 0 Å². The lowest BCUT2D eigenvalue weighted by molar-refractivity contribution is 0.133. The SMILES string of the molecule is C#CCOc1cccc2c1OC(C)(C)C2. The first kappa shape index (κ1) is 9.92. The lowest BCUT2D eigenvalue weighted by Gasteiger charge is -2.17. The number of ether oxygens (including phenoxy) is 2. The van der Waals surface area contributed by atoms with E-state index in [1.807, 2.05) is 12.1 Å². The third kappa shape index (κ3) is 1.92. The van der Waals surface area contributed by atoms with Crippen molar-refractivity contribution in [1.82, 2.24) is 0 Å². The van der Waals surface area contributed by atoms with Gasteiger partial charge in [0.25, 0.3) is 0 Å². The zero-order chi connectivity index (χ0) is 10.9. The fraction of sp³-hybridized carbons (Fsp3) is 0.385. The molecule has 2 rings (SSSR count). The molecule has 0 N–H and O–H groups in total. The maximum Gasteiger partial charge on any atom is 0.165 e. The van der Waals surface area contributed by atoms with E-state index in [1.54, 1.807) is 0 Å². The first-order valence-corrected chi connectivity index (χ1v) is 4.99. The number of terminal acetylenes is 1. The summed E-state index contributed by atoms with van der Waals surface area (Å²) < 4.78 is 11.3. The summed E-state index contributed by atoms with van der Waals surface area (Å²) in [5.41, 5.74) is 1.05. The van der Waals surface area contributed by atoms with Crippen molar-refractivity contribution in [3.05, 3.63) is 23.8 Å². The number of benzene rings is 1. The van der Waals surface area contributed by atoms with Gasteiger partial charge in [0.05, 0.1) is 0 Å². The van der Waals surface area contributed by atoms with Crippen LogP contribution in [0.4, 0.5) is 0 Å². The minimum absolute atomic E-state index is 0.141. The molecule has 78 valence electrons. The van der Waals surface area contributed by atoms with E-state index in [0.29, 0.717) is 0 Å². The van der Waals surface area contributed by atoms with Gasteiger partial charge in [-0.05, 0) is 19.9 Å². The maximum atomic E-state index is 5.83. The number of fused-ring (bicyclic) bond motifs is 1. The molecule has 1 aliphatic rings. The molecule has 0 unspecified atom stereocenters. The molecule has 2 nitrogen and oxygen atoms in total. The number of hydrogen-bond acceptors (Lipinski definition) is 2. The van der Waals surface area contributed by atoms with Crippen LogP contribution in [-0.4, -0.2) is 12.2 Å². The van der Waals surface area contributed by atoms with E-state index < -0.39 is 0 Å². The molecule has 1 aliphatic heterocycles. The molecule has 1 heterocycles. The standard InChI is InChI=1S/C13H14O2/c1-4-8-14-11-7-5-6-10-9-13(2,3)15-12(10)11/h1,5-7H,8-9H2,2-3H3. The van der Waals surface area contributed by atoms with Gasteiger partial charge < -0.3 is 9.47 Å². The van der Waals surface area contributed by atoms with Crippen molar-refractivity contribution in [3.8, 4) is 23.8 Å². The smallest absolute Gasteiger partial charge is 0.165 e. The second kappa shape index (κ2) is 3.51. The second-order valence-electron chi connectivity index (χ2n) is 4.28. The summed E-state index contributed by atoms with van der Waals surface area (Å²) in [6, 6.07) is 5.92. The van der Waals surface area contributed by atoms with Gasteiger partial charge in [-0.15, -0.1) is 6.42 Å². The Labute approximate surface area is 90.2 Å². The van der Waals surface area contributed by atoms with Crippen molar-refractivity contribution < 1.29 is 9.47 Å². The van der Waals surface area contributed by atoms with E-state index >= 15 is 0 Å². The van der Waals surface area contributed by atoms with Crippen LogP contribution in [0.15, 0.2) is 18.2 Å². The van der Waals surface area contributed by atoms with Crippen molar-refractivity contribution in [1.29, 1.82) is 0 Å². The fourth-order valence-corrected chi connectivity index (χ4v) is 1.82. The zero-order valence-electron chi connectivity index (χ0n) is 9.04. The normalized spacial score (nSPS) is 16.3. The van der Waals surface area contributed by atoms with Crippen LogP contribution in [0.1, 0.15) is 19.4 Å². The van der Waals surface area contributed by atoms with Gasteiger partial charge >= 0.3 is 0 Å². The minimum atomic E-state index is -0.141. The van der Waals surface area contributed by atoms with Crippen LogP contribution in [0.25, 0.3) is 0 Å². The number of para-hydroxylation sites is 1. The zero-order valence-corrected chi connectivity index (χ0v) is 9.04.